The molecule has 0 aliphatic carbocycles. The van der Waals surface area contributed by atoms with Crippen molar-refractivity contribution in [3.63, 3.8) is 0 Å². The van der Waals surface area contributed by atoms with Crippen LogP contribution in [0.1, 0.15) is 5.69 Å². The minimum absolute atomic E-state index is 0.256. The van der Waals surface area contributed by atoms with Gasteiger partial charge in [-0.3, -0.25) is 4.90 Å². The number of alkyl halides is 2. The maximum Gasteiger partial charge on any atom is 0.251 e. The van der Waals surface area contributed by atoms with E-state index in [-0.39, 0.29) is 6.54 Å². The molecule has 0 atom stereocenters. The van der Waals surface area contributed by atoms with E-state index in [1.54, 1.807) is 25.2 Å². The Labute approximate surface area is 86.5 Å². The van der Waals surface area contributed by atoms with E-state index in [0.29, 0.717) is 17.4 Å². The van der Waals surface area contributed by atoms with Crippen molar-refractivity contribution in [3.05, 3.63) is 29.0 Å². The summed E-state index contributed by atoms with van der Waals surface area (Å²) in [5.41, 5.74) is 0.695. The number of hydrogen-bond donors (Lipinski definition) is 0. The summed E-state index contributed by atoms with van der Waals surface area (Å²) in [7, 11) is 1.62. The van der Waals surface area contributed by atoms with Gasteiger partial charge in [0.2, 0.25) is 0 Å². The summed E-state index contributed by atoms with van der Waals surface area (Å²) < 4.78 is 24.0. The summed E-state index contributed by atoms with van der Waals surface area (Å²) in [5, 5.41) is 0.382. The first-order valence-electron chi connectivity index (χ1n) is 4.16. The molecule has 0 unspecified atom stereocenters. The van der Waals surface area contributed by atoms with E-state index in [0.717, 1.165) is 0 Å². The minimum Gasteiger partial charge on any atom is -0.295 e. The highest BCUT2D eigenvalue weighted by molar-refractivity contribution is 6.29. The molecule has 5 heteroatoms. The summed E-state index contributed by atoms with van der Waals surface area (Å²) in [6, 6.07) is 5.16. The van der Waals surface area contributed by atoms with Crippen LogP contribution in [0.2, 0.25) is 5.15 Å². The lowest BCUT2D eigenvalue weighted by Crippen LogP contribution is -2.24. The van der Waals surface area contributed by atoms with Gasteiger partial charge in [-0.05, 0) is 19.2 Å². The molecule has 14 heavy (non-hydrogen) atoms. The van der Waals surface area contributed by atoms with Gasteiger partial charge in [0.1, 0.15) is 5.15 Å². The summed E-state index contributed by atoms with van der Waals surface area (Å²) in [6.07, 6.45) is -2.32. The van der Waals surface area contributed by atoms with Crippen LogP contribution < -0.4 is 0 Å². The normalized spacial score (nSPS) is 11.3. The number of aromatic nitrogens is 1. The monoisotopic (exact) mass is 220 g/mol. The van der Waals surface area contributed by atoms with Crippen LogP contribution in [0, 0.1) is 0 Å². The van der Waals surface area contributed by atoms with E-state index in [4.69, 9.17) is 11.6 Å². The maximum atomic E-state index is 12.0. The van der Waals surface area contributed by atoms with Gasteiger partial charge in [-0.15, -0.1) is 0 Å². The molecular formula is C9H11ClF2N2. The van der Waals surface area contributed by atoms with Gasteiger partial charge in [0.25, 0.3) is 6.43 Å². The summed E-state index contributed by atoms with van der Waals surface area (Å²) in [4.78, 5) is 5.50. The first-order chi connectivity index (χ1) is 6.58. The quantitative estimate of drug-likeness (QED) is 0.725. The fourth-order valence-electron chi connectivity index (χ4n) is 1.12. The van der Waals surface area contributed by atoms with E-state index < -0.39 is 6.43 Å². The van der Waals surface area contributed by atoms with Gasteiger partial charge in [0.05, 0.1) is 12.2 Å². The molecule has 0 spiro atoms. The number of pyridine rings is 1. The molecule has 0 radical (unpaired) electrons. The second-order valence-corrected chi connectivity index (χ2v) is 3.43. The van der Waals surface area contributed by atoms with E-state index in [9.17, 15) is 8.78 Å². The van der Waals surface area contributed by atoms with Crippen molar-refractivity contribution in [1.29, 1.82) is 0 Å². The van der Waals surface area contributed by atoms with Crippen molar-refractivity contribution in [2.45, 2.75) is 13.0 Å². The zero-order valence-electron chi connectivity index (χ0n) is 7.75. The van der Waals surface area contributed by atoms with Crippen molar-refractivity contribution < 1.29 is 8.78 Å². The number of nitrogens with zero attached hydrogens (tertiary/aromatic N) is 2. The maximum absolute atomic E-state index is 12.0. The molecule has 1 heterocycles. The highest BCUT2D eigenvalue weighted by Crippen LogP contribution is 2.07. The van der Waals surface area contributed by atoms with E-state index >= 15 is 0 Å². The number of halogens is 3. The Hall–Kier alpha value is -0.740. The molecule has 0 bridgehead atoms. The van der Waals surface area contributed by atoms with Gasteiger partial charge in [0.15, 0.2) is 0 Å². The lowest BCUT2D eigenvalue weighted by Gasteiger charge is -2.15. The third-order valence-electron chi connectivity index (χ3n) is 1.65. The molecule has 0 aliphatic heterocycles. The number of hydrogen-bond acceptors (Lipinski definition) is 2. The number of rotatable bonds is 4. The van der Waals surface area contributed by atoms with Crippen LogP contribution in [-0.2, 0) is 6.54 Å². The standard InChI is InChI=1S/C9H11ClF2N2/c1-14(6-9(11)12)5-7-3-2-4-8(10)13-7/h2-4,9H,5-6H2,1H3. The van der Waals surface area contributed by atoms with E-state index in [1.165, 1.54) is 4.90 Å². The average molecular weight is 221 g/mol. The fourth-order valence-corrected chi connectivity index (χ4v) is 1.30. The first-order valence-corrected chi connectivity index (χ1v) is 4.54. The second kappa shape index (κ2) is 5.22. The van der Waals surface area contributed by atoms with Gasteiger partial charge >= 0.3 is 0 Å². The van der Waals surface area contributed by atoms with Crippen LogP contribution in [0.5, 0.6) is 0 Å². The Bertz CT molecular complexity index is 294. The topological polar surface area (TPSA) is 16.1 Å². The van der Waals surface area contributed by atoms with Crippen LogP contribution in [0.25, 0.3) is 0 Å². The summed E-state index contributed by atoms with van der Waals surface area (Å²) in [6.45, 7) is 0.124. The molecule has 0 aromatic carbocycles. The first kappa shape index (κ1) is 11.3. The molecule has 78 valence electrons. The SMILES string of the molecule is CN(Cc1cccc(Cl)n1)CC(F)F. The molecule has 0 saturated carbocycles. The summed E-state index contributed by atoms with van der Waals surface area (Å²) >= 11 is 5.66. The van der Waals surface area contributed by atoms with Crippen molar-refractivity contribution in [1.82, 2.24) is 9.88 Å². The van der Waals surface area contributed by atoms with E-state index in [1.807, 2.05) is 0 Å². The smallest absolute Gasteiger partial charge is 0.251 e. The van der Waals surface area contributed by atoms with Crippen molar-refractivity contribution in [3.8, 4) is 0 Å². The van der Waals surface area contributed by atoms with Crippen molar-refractivity contribution >= 4 is 11.6 Å². The molecule has 1 rings (SSSR count). The minimum atomic E-state index is -2.32. The molecular weight excluding hydrogens is 210 g/mol. The lowest BCUT2D eigenvalue weighted by atomic mass is 10.3. The third kappa shape index (κ3) is 3.98. The highest BCUT2D eigenvalue weighted by atomic mass is 35.5. The predicted molar refractivity (Wildman–Crippen MR) is 51.6 cm³/mol. The predicted octanol–water partition coefficient (Wildman–Crippen LogP) is 2.43. The average Bonchev–Trinajstić information content (AvgIpc) is 2.01. The van der Waals surface area contributed by atoms with Crippen LogP contribution >= 0.6 is 11.6 Å². The highest BCUT2D eigenvalue weighted by Gasteiger charge is 2.08. The fraction of sp³-hybridized carbons (Fsp3) is 0.444. The van der Waals surface area contributed by atoms with Gasteiger partial charge in [-0.1, -0.05) is 17.7 Å². The molecule has 0 amide bonds. The molecule has 0 N–H and O–H groups in total. The zero-order valence-corrected chi connectivity index (χ0v) is 8.51. The second-order valence-electron chi connectivity index (χ2n) is 3.04. The Morgan fingerprint density at radius 2 is 2.21 bits per heavy atom. The summed E-state index contributed by atoms with van der Waals surface area (Å²) in [5.74, 6) is 0. The van der Waals surface area contributed by atoms with Crippen LogP contribution in [0.15, 0.2) is 18.2 Å². The van der Waals surface area contributed by atoms with Crippen LogP contribution in [0.4, 0.5) is 8.78 Å². The molecule has 0 aliphatic rings. The van der Waals surface area contributed by atoms with Crippen LogP contribution in [-0.4, -0.2) is 29.9 Å². The Kier molecular flexibility index (Phi) is 4.22. The zero-order chi connectivity index (χ0) is 10.6. The molecule has 0 saturated heterocycles. The van der Waals surface area contributed by atoms with Crippen LogP contribution in [0.3, 0.4) is 0 Å². The van der Waals surface area contributed by atoms with Gasteiger partial charge in [-0.2, -0.15) is 0 Å². The van der Waals surface area contributed by atoms with Crippen molar-refractivity contribution in [2.24, 2.45) is 0 Å². The Balaban J connectivity index is 2.51. The van der Waals surface area contributed by atoms with Crippen molar-refractivity contribution in [2.75, 3.05) is 13.6 Å². The van der Waals surface area contributed by atoms with E-state index in [2.05, 4.69) is 4.98 Å². The van der Waals surface area contributed by atoms with Gasteiger partial charge < -0.3 is 0 Å². The van der Waals surface area contributed by atoms with Gasteiger partial charge in [0, 0.05) is 6.54 Å². The third-order valence-corrected chi connectivity index (χ3v) is 1.86. The Morgan fingerprint density at radius 3 is 2.79 bits per heavy atom. The molecule has 0 fully saturated rings. The lowest BCUT2D eigenvalue weighted by molar-refractivity contribution is 0.0970. The molecule has 2 nitrogen and oxygen atoms in total. The largest absolute Gasteiger partial charge is 0.295 e. The Morgan fingerprint density at radius 1 is 1.50 bits per heavy atom. The van der Waals surface area contributed by atoms with Gasteiger partial charge in [-0.25, -0.2) is 13.8 Å². The molecule has 1 aromatic rings. The molecule has 1 aromatic heterocycles.